The lowest BCUT2D eigenvalue weighted by Gasteiger charge is -2.19. The number of aromatic nitrogens is 2. The second-order valence-corrected chi connectivity index (χ2v) is 6.52. The molecule has 3 heterocycles. The standard InChI is InChI=1S/C16H23N3O.C4H4O4/c1-2-5-9-18(8-4-1)11-12-20-14-15-13-16-7-3-6-10-19(16)17-15;5-3(6)1-2-4(7)8/h3,6-7,10,13H,1-2,4-5,8-9,11-12,14H2;1-2H,(H,5,6)(H,7,8). The van der Waals surface area contributed by atoms with Gasteiger partial charge in [0, 0.05) is 24.9 Å². The van der Waals surface area contributed by atoms with E-state index >= 15 is 0 Å². The van der Waals surface area contributed by atoms with Gasteiger partial charge in [-0.1, -0.05) is 18.9 Å². The second kappa shape index (κ2) is 11.9. The summed E-state index contributed by atoms with van der Waals surface area (Å²) in [5.74, 6) is -2.51. The number of carbonyl (C=O) groups is 2. The average Bonchev–Trinajstić information content (AvgIpc) is 2.90. The quantitative estimate of drug-likeness (QED) is 0.553. The number of fused-ring (bicyclic) bond motifs is 1. The Morgan fingerprint density at radius 1 is 1.07 bits per heavy atom. The Labute approximate surface area is 164 Å². The van der Waals surface area contributed by atoms with E-state index in [4.69, 9.17) is 14.9 Å². The number of hydrogen-bond donors (Lipinski definition) is 2. The highest BCUT2D eigenvalue weighted by Gasteiger charge is 2.08. The molecule has 0 unspecified atom stereocenters. The molecule has 3 rings (SSSR count). The van der Waals surface area contributed by atoms with Crippen molar-refractivity contribution in [3.05, 3.63) is 48.3 Å². The molecule has 2 N–H and O–H groups in total. The van der Waals surface area contributed by atoms with E-state index in [-0.39, 0.29) is 0 Å². The van der Waals surface area contributed by atoms with Gasteiger partial charge in [0.05, 0.1) is 24.4 Å². The first kappa shape index (κ1) is 21.6. The number of carboxylic acids is 2. The van der Waals surface area contributed by atoms with Crippen LogP contribution in [0.15, 0.2) is 42.6 Å². The van der Waals surface area contributed by atoms with Crippen LogP contribution in [0, 0.1) is 0 Å². The number of nitrogens with zero attached hydrogens (tertiary/aromatic N) is 3. The highest BCUT2D eigenvalue weighted by atomic mass is 16.5. The molecule has 0 bridgehead atoms. The Hall–Kier alpha value is -2.71. The predicted molar refractivity (Wildman–Crippen MR) is 104 cm³/mol. The van der Waals surface area contributed by atoms with Crippen LogP contribution in [-0.2, 0) is 20.9 Å². The molecule has 0 saturated carbocycles. The van der Waals surface area contributed by atoms with E-state index in [1.807, 2.05) is 22.8 Å². The average molecular weight is 389 g/mol. The molecular weight excluding hydrogens is 362 g/mol. The zero-order chi connectivity index (χ0) is 20.2. The Morgan fingerprint density at radius 2 is 1.75 bits per heavy atom. The van der Waals surface area contributed by atoms with Gasteiger partial charge in [-0.25, -0.2) is 14.1 Å². The third-order valence-electron chi connectivity index (χ3n) is 4.29. The normalized spacial score (nSPS) is 15.1. The molecule has 1 saturated heterocycles. The van der Waals surface area contributed by atoms with Crippen LogP contribution in [0.5, 0.6) is 0 Å². The maximum absolute atomic E-state index is 9.55. The lowest BCUT2D eigenvalue weighted by molar-refractivity contribution is -0.134. The molecule has 1 aliphatic rings. The molecule has 2 aromatic rings. The van der Waals surface area contributed by atoms with Crippen molar-refractivity contribution in [2.45, 2.75) is 32.3 Å². The Kier molecular flexibility index (Phi) is 9.17. The molecule has 2 aromatic heterocycles. The molecule has 8 nitrogen and oxygen atoms in total. The molecule has 0 radical (unpaired) electrons. The molecule has 0 spiro atoms. The molecule has 28 heavy (non-hydrogen) atoms. The zero-order valence-corrected chi connectivity index (χ0v) is 15.9. The lowest BCUT2D eigenvalue weighted by Crippen LogP contribution is -2.28. The monoisotopic (exact) mass is 389 g/mol. The fourth-order valence-electron chi connectivity index (χ4n) is 2.93. The number of carboxylic acid groups (broad SMARTS) is 2. The fourth-order valence-corrected chi connectivity index (χ4v) is 2.93. The summed E-state index contributed by atoms with van der Waals surface area (Å²) in [7, 11) is 0. The Bertz CT molecular complexity index is 730. The molecule has 0 aromatic carbocycles. The number of pyridine rings is 1. The predicted octanol–water partition coefficient (Wildman–Crippen LogP) is 2.44. The van der Waals surface area contributed by atoms with Crippen LogP contribution < -0.4 is 0 Å². The molecule has 0 aliphatic carbocycles. The largest absolute Gasteiger partial charge is 0.478 e. The van der Waals surface area contributed by atoms with Gasteiger partial charge in [-0.3, -0.25) is 0 Å². The molecule has 0 amide bonds. The third-order valence-corrected chi connectivity index (χ3v) is 4.29. The van der Waals surface area contributed by atoms with Crippen molar-refractivity contribution in [3.8, 4) is 0 Å². The summed E-state index contributed by atoms with van der Waals surface area (Å²) in [4.78, 5) is 21.6. The number of hydrogen-bond acceptors (Lipinski definition) is 5. The van der Waals surface area contributed by atoms with Crippen LogP contribution in [0.25, 0.3) is 5.52 Å². The summed E-state index contributed by atoms with van der Waals surface area (Å²) in [6.45, 7) is 4.92. The Morgan fingerprint density at radius 3 is 2.36 bits per heavy atom. The summed E-state index contributed by atoms with van der Waals surface area (Å²) in [5, 5.41) is 20.1. The van der Waals surface area contributed by atoms with Crippen molar-refractivity contribution < 1.29 is 24.5 Å². The van der Waals surface area contributed by atoms with Gasteiger partial charge in [0.2, 0.25) is 0 Å². The molecular formula is C20H27N3O5. The zero-order valence-electron chi connectivity index (χ0n) is 15.9. The number of aliphatic carboxylic acids is 2. The molecule has 1 fully saturated rings. The maximum atomic E-state index is 9.55. The van der Waals surface area contributed by atoms with E-state index in [2.05, 4.69) is 22.1 Å². The SMILES string of the molecule is O=C(O)C=CC(=O)O.c1ccn2nc(COCCN3CCCCCC3)cc2c1. The first-order valence-corrected chi connectivity index (χ1v) is 9.42. The number of rotatable bonds is 7. The van der Waals surface area contributed by atoms with Crippen molar-refractivity contribution in [2.75, 3.05) is 26.2 Å². The molecule has 8 heteroatoms. The van der Waals surface area contributed by atoms with E-state index in [9.17, 15) is 9.59 Å². The molecule has 1 aliphatic heterocycles. The minimum absolute atomic E-state index is 0.558. The van der Waals surface area contributed by atoms with E-state index < -0.39 is 11.9 Å². The van der Waals surface area contributed by atoms with Crippen LogP contribution in [0.2, 0.25) is 0 Å². The lowest BCUT2D eigenvalue weighted by atomic mass is 10.2. The van der Waals surface area contributed by atoms with Gasteiger partial charge in [-0.05, 0) is 44.1 Å². The first-order valence-electron chi connectivity index (χ1n) is 9.42. The van der Waals surface area contributed by atoms with Crippen molar-refractivity contribution >= 4 is 17.5 Å². The summed E-state index contributed by atoms with van der Waals surface area (Å²) in [6, 6.07) is 8.17. The van der Waals surface area contributed by atoms with E-state index in [0.717, 1.165) is 24.4 Å². The van der Waals surface area contributed by atoms with Crippen molar-refractivity contribution in [1.82, 2.24) is 14.5 Å². The van der Waals surface area contributed by atoms with E-state index in [1.165, 1.54) is 38.8 Å². The van der Waals surface area contributed by atoms with Crippen LogP contribution in [-0.4, -0.2) is 62.9 Å². The number of likely N-dealkylation sites (tertiary alicyclic amines) is 1. The minimum atomic E-state index is -1.26. The van der Waals surface area contributed by atoms with Gasteiger partial charge in [0.15, 0.2) is 0 Å². The highest BCUT2D eigenvalue weighted by molar-refractivity contribution is 5.89. The second-order valence-electron chi connectivity index (χ2n) is 6.52. The van der Waals surface area contributed by atoms with Gasteiger partial charge in [-0.15, -0.1) is 0 Å². The maximum Gasteiger partial charge on any atom is 0.328 e. The first-order chi connectivity index (χ1) is 13.5. The van der Waals surface area contributed by atoms with E-state index in [0.29, 0.717) is 18.8 Å². The molecule has 0 atom stereocenters. The highest BCUT2D eigenvalue weighted by Crippen LogP contribution is 2.10. The van der Waals surface area contributed by atoms with E-state index in [1.54, 1.807) is 0 Å². The number of ether oxygens (including phenoxy) is 1. The fraction of sp³-hybridized carbons (Fsp3) is 0.450. The van der Waals surface area contributed by atoms with Gasteiger partial charge in [0.1, 0.15) is 0 Å². The Balaban J connectivity index is 0.000000300. The van der Waals surface area contributed by atoms with Crippen molar-refractivity contribution in [3.63, 3.8) is 0 Å². The van der Waals surface area contributed by atoms with Gasteiger partial charge in [0.25, 0.3) is 0 Å². The van der Waals surface area contributed by atoms with Gasteiger partial charge in [-0.2, -0.15) is 5.10 Å². The smallest absolute Gasteiger partial charge is 0.328 e. The molecule has 152 valence electrons. The van der Waals surface area contributed by atoms with Crippen molar-refractivity contribution in [1.29, 1.82) is 0 Å². The third kappa shape index (κ3) is 8.32. The van der Waals surface area contributed by atoms with Crippen LogP contribution in [0.1, 0.15) is 31.4 Å². The van der Waals surface area contributed by atoms with Crippen LogP contribution in [0.4, 0.5) is 0 Å². The minimum Gasteiger partial charge on any atom is -0.478 e. The van der Waals surface area contributed by atoms with Crippen LogP contribution >= 0.6 is 0 Å². The van der Waals surface area contributed by atoms with Gasteiger partial charge >= 0.3 is 11.9 Å². The summed E-state index contributed by atoms with van der Waals surface area (Å²) < 4.78 is 7.67. The topological polar surface area (TPSA) is 104 Å². The van der Waals surface area contributed by atoms with Crippen molar-refractivity contribution in [2.24, 2.45) is 0 Å². The summed E-state index contributed by atoms with van der Waals surface area (Å²) in [6.07, 6.45) is 8.54. The summed E-state index contributed by atoms with van der Waals surface area (Å²) >= 11 is 0. The summed E-state index contributed by atoms with van der Waals surface area (Å²) in [5.41, 5.74) is 2.13. The van der Waals surface area contributed by atoms with Gasteiger partial charge < -0.3 is 19.8 Å². The van der Waals surface area contributed by atoms with Crippen LogP contribution in [0.3, 0.4) is 0 Å².